The maximum atomic E-state index is 12.5. The van der Waals surface area contributed by atoms with Crippen LogP contribution in [-0.4, -0.2) is 23.9 Å². The molecule has 0 saturated heterocycles. The molecule has 2 amide bonds. The number of anilines is 1. The number of aromatic nitrogens is 1. The third kappa shape index (κ3) is 4.37. The number of amides is 2. The van der Waals surface area contributed by atoms with E-state index in [2.05, 4.69) is 15.6 Å². The van der Waals surface area contributed by atoms with Crippen molar-refractivity contribution >= 4 is 28.8 Å². The molecule has 2 N–H and O–H groups in total. The summed E-state index contributed by atoms with van der Waals surface area (Å²) in [4.78, 5) is 29.7. The third-order valence-electron chi connectivity index (χ3n) is 4.29. The van der Waals surface area contributed by atoms with Crippen molar-refractivity contribution in [1.82, 2.24) is 10.3 Å². The quantitative estimate of drug-likeness (QED) is 0.662. The first-order chi connectivity index (χ1) is 13.5. The van der Waals surface area contributed by atoms with Crippen LogP contribution in [0.3, 0.4) is 0 Å². The molecule has 0 spiro atoms. The van der Waals surface area contributed by atoms with Crippen LogP contribution < -0.4 is 15.4 Å². The van der Waals surface area contributed by atoms with Crippen molar-refractivity contribution < 1.29 is 14.3 Å². The third-order valence-corrected chi connectivity index (χ3v) is 5.16. The average Bonchev–Trinajstić information content (AvgIpc) is 3.23. The van der Waals surface area contributed by atoms with E-state index in [9.17, 15) is 9.59 Å². The Kier molecular flexibility index (Phi) is 6.06. The Labute approximate surface area is 167 Å². The molecule has 3 rings (SSSR count). The number of carbonyl (C=O) groups excluding carboxylic acids is 2. The maximum absolute atomic E-state index is 12.5. The van der Waals surface area contributed by atoms with Gasteiger partial charge in [0.15, 0.2) is 0 Å². The van der Waals surface area contributed by atoms with Crippen LogP contribution >= 0.6 is 11.3 Å². The van der Waals surface area contributed by atoms with E-state index in [1.165, 1.54) is 11.3 Å². The van der Waals surface area contributed by atoms with Gasteiger partial charge in [0.1, 0.15) is 5.75 Å². The zero-order chi connectivity index (χ0) is 20.1. The number of methoxy groups -OCH3 is 1. The molecule has 6 nitrogen and oxygen atoms in total. The maximum Gasteiger partial charge on any atom is 0.265 e. The monoisotopic (exact) mass is 395 g/mol. The standard InChI is InChI=1S/C21H21N3O3S/c1-13-11-22-17(14(2)19(13)27-3)12-23-20(25)15-6-4-7-16(10-15)24-21(26)18-8-5-9-28-18/h4-11H,12H2,1-3H3,(H,23,25)(H,24,26). The molecular weight excluding hydrogens is 374 g/mol. The minimum atomic E-state index is -0.243. The summed E-state index contributed by atoms with van der Waals surface area (Å²) in [6, 6.07) is 10.4. The van der Waals surface area contributed by atoms with Gasteiger partial charge in [-0.2, -0.15) is 0 Å². The van der Waals surface area contributed by atoms with Crippen molar-refractivity contribution in [3.63, 3.8) is 0 Å². The van der Waals surface area contributed by atoms with Gasteiger partial charge in [0.25, 0.3) is 11.8 Å². The number of thiophene rings is 1. The van der Waals surface area contributed by atoms with Gasteiger partial charge < -0.3 is 15.4 Å². The Hall–Kier alpha value is -3.19. The Balaban J connectivity index is 1.67. The predicted molar refractivity (Wildman–Crippen MR) is 110 cm³/mol. The predicted octanol–water partition coefficient (Wildman–Crippen LogP) is 3.95. The zero-order valence-electron chi connectivity index (χ0n) is 15.9. The van der Waals surface area contributed by atoms with E-state index >= 15 is 0 Å². The van der Waals surface area contributed by atoms with E-state index in [4.69, 9.17) is 4.74 Å². The van der Waals surface area contributed by atoms with Crippen molar-refractivity contribution in [2.45, 2.75) is 20.4 Å². The van der Waals surface area contributed by atoms with Crippen LogP contribution in [0.4, 0.5) is 5.69 Å². The van der Waals surface area contributed by atoms with Gasteiger partial charge in [-0.1, -0.05) is 12.1 Å². The summed E-state index contributed by atoms with van der Waals surface area (Å²) in [7, 11) is 1.62. The molecule has 0 aliphatic rings. The molecule has 144 valence electrons. The van der Waals surface area contributed by atoms with Crippen molar-refractivity contribution in [1.29, 1.82) is 0 Å². The fourth-order valence-corrected chi connectivity index (χ4v) is 3.47. The van der Waals surface area contributed by atoms with Gasteiger partial charge in [0.05, 0.1) is 24.2 Å². The Morgan fingerprint density at radius 3 is 2.68 bits per heavy atom. The van der Waals surface area contributed by atoms with Gasteiger partial charge in [-0.15, -0.1) is 11.3 Å². The molecule has 2 aromatic heterocycles. The highest BCUT2D eigenvalue weighted by atomic mass is 32.1. The van der Waals surface area contributed by atoms with Crippen LogP contribution in [0.15, 0.2) is 48.0 Å². The minimum absolute atomic E-state index is 0.195. The number of pyridine rings is 1. The van der Waals surface area contributed by atoms with Crippen molar-refractivity contribution in [2.24, 2.45) is 0 Å². The zero-order valence-corrected chi connectivity index (χ0v) is 16.7. The lowest BCUT2D eigenvalue weighted by molar-refractivity contribution is 0.0949. The van der Waals surface area contributed by atoms with E-state index in [0.29, 0.717) is 16.1 Å². The second-order valence-electron chi connectivity index (χ2n) is 6.24. The van der Waals surface area contributed by atoms with Crippen LogP contribution in [0.1, 0.15) is 36.9 Å². The van der Waals surface area contributed by atoms with Gasteiger partial charge in [-0.05, 0) is 43.5 Å². The SMILES string of the molecule is COc1c(C)cnc(CNC(=O)c2cccc(NC(=O)c3cccs3)c2)c1C. The molecule has 0 saturated carbocycles. The lowest BCUT2D eigenvalue weighted by atomic mass is 10.1. The normalized spacial score (nSPS) is 10.4. The summed E-state index contributed by atoms with van der Waals surface area (Å²) in [5.74, 6) is 0.338. The lowest BCUT2D eigenvalue weighted by Crippen LogP contribution is -2.24. The van der Waals surface area contributed by atoms with Crippen LogP contribution in [0.5, 0.6) is 5.75 Å². The van der Waals surface area contributed by atoms with Crippen molar-refractivity contribution in [2.75, 3.05) is 12.4 Å². The number of benzene rings is 1. The molecule has 0 bridgehead atoms. The Bertz CT molecular complexity index is 1000. The molecule has 0 aliphatic carbocycles. The fraction of sp³-hybridized carbons (Fsp3) is 0.190. The number of nitrogens with one attached hydrogen (secondary N) is 2. The van der Waals surface area contributed by atoms with Gasteiger partial charge in [-0.3, -0.25) is 14.6 Å². The first-order valence-electron chi connectivity index (χ1n) is 8.71. The number of hydrogen-bond donors (Lipinski definition) is 2. The molecular formula is C21H21N3O3S. The lowest BCUT2D eigenvalue weighted by Gasteiger charge is -2.13. The van der Waals surface area contributed by atoms with Crippen molar-refractivity contribution in [3.8, 4) is 5.75 Å². The van der Waals surface area contributed by atoms with Crippen LogP contribution in [0.2, 0.25) is 0 Å². The number of hydrogen-bond acceptors (Lipinski definition) is 5. The Morgan fingerprint density at radius 1 is 1.14 bits per heavy atom. The summed E-state index contributed by atoms with van der Waals surface area (Å²) in [6.45, 7) is 4.13. The molecule has 2 heterocycles. The van der Waals surface area contributed by atoms with E-state index in [0.717, 1.165) is 22.6 Å². The van der Waals surface area contributed by atoms with Gasteiger partial charge in [0.2, 0.25) is 0 Å². The van der Waals surface area contributed by atoms with Crippen molar-refractivity contribution in [3.05, 3.63) is 75.2 Å². The highest BCUT2D eigenvalue weighted by Crippen LogP contribution is 2.24. The molecule has 7 heteroatoms. The number of ether oxygens (including phenoxy) is 1. The van der Waals surface area contributed by atoms with Crippen LogP contribution in [0, 0.1) is 13.8 Å². The smallest absolute Gasteiger partial charge is 0.265 e. The van der Waals surface area contributed by atoms with E-state index in [1.54, 1.807) is 43.6 Å². The van der Waals surface area contributed by atoms with E-state index in [-0.39, 0.29) is 18.4 Å². The van der Waals surface area contributed by atoms with Gasteiger partial charge in [-0.25, -0.2) is 0 Å². The largest absolute Gasteiger partial charge is 0.496 e. The number of rotatable bonds is 6. The van der Waals surface area contributed by atoms with Crippen LogP contribution in [0.25, 0.3) is 0 Å². The highest BCUT2D eigenvalue weighted by Gasteiger charge is 2.13. The number of carbonyl (C=O) groups is 2. The number of nitrogens with zero attached hydrogens (tertiary/aromatic N) is 1. The number of aryl methyl sites for hydroxylation is 1. The molecule has 0 aliphatic heterocycles. The second-order valence-corrected chi connectivity index (χ2v) is 7.19. The summed E-state index contributed by atoms with van der Waals surface area (Å²) in [5, 5.41) is 7.52. The van der Waals surface area contributed by atoms with Gasteiger partial charge >= 0.3 is 0 Å². The molecule has 0 atom stereocenters. The summed E-state index contributed by atoms with van der Waals surface area (Å²) in [6.07, 6.45) is 1.73. The summed E-state index contributed by atoms with van der Waals surface area (Å²) in [5.41, 5.74) is 3.63. The van der Waals surface area contributed by atoms with Gasteiger partial charge in [0, 0.05) is 28.6 Å². The molecule has 0 unspecified atom stereocenters. The average molecular weight is 395 g/mol. The first-order valence-corrected chi connectivity index (χ1v) is 9.59. The molecule has 0 radical (unpaired) electrons. The summed E-state index contributed by atoms with van der Waals surface area (Å²) < 4.78 is 5.40. The highest BCUT2D eigenvalue weighted by molar-refractivity contribution is 7.12. The fourth-order valence-electron chi connectivity index (χ4n) is 2.85. The van der Waals surface area contributed by atoms with E-state index < -0.39 is 0 Å². The molecule has 28 heavy (non-hydrogen) atoms. The Morgan fingerprint density at radius 2 is 1.96 bits per heavy atom. The topological polar surface area (TPSA) is 80.3 Å². The molecule has 3 aromatic rings. The second kappa shape index (κ2) is 8.67. The summed E-state index contributed by atoms with van der Waals surface area (Å²) >= 11 is 1.36. The molecule has 0 fully saturated rings. The minimum Gasteiger partial charge on any atom is -0.496 e. The molecule has 1 aromatic carbocycles. The van der Waals surface area contributed by atoms with Crippen LogP contribution in [-0.2, 0) is 6.54 Å². The van der Waals surface area contributed by atoms with E-state index in [1.807, 2.05) is 25.3 Å². The first kappa shape index (κ1) is 19.6.